The van der Waals surface area contributed by atoms with E-state index in [9.17, 15) is 14.4 Å². The number of piperazine rings is 1. The van der Waals surface area contributed by atoms with Gasteiger partial charge in [-0.15, -0.1) is 0 Å². The summed E-state index contributed by atoms with van der Waals surface area (Å²) in [6.45, 7) is 9.92. The second kappa shape index (κ2) is 11.5. The maximum atomic E-state index is 12.5. The first-order valence-corrected chi connectivity index (χ1v) is 10.4. The number of benzene rings is 1. The Balaban J connectivity index is 1.89. The quantitative estimate of drug-likeness (QED) is 0.564. The van der Waals surface area contributed by atoms with Crippen LogP contribution in [0.2, 0.25) is 0 Å². The zero-order chi connectivity index (χ0) is 22.1. The van der Waals surface area contributed by atoms with Crippen molar-refractivity contribution < 1.29 is 23.9 Å². The van der Waals surface area contributed by atoms with Crippen LogP contribution < -0.4 is 15.4 Å². The van der Waals surface area contributed by atoms with Gasteiger partial charge >= 0.3 is 5.97 Å². The summed E-state index contributed by atoms with van der Waals surface area (Å²) in [4.78, 5) is 38.5. The highest BCUT2D eigenvalue weighted by Crippen LogP contribution is 2.17. The van der Waals surface area contributed by atoms with Gasteiger partial charge in [0.05, 0.1) is 26.2 Å². The fourth-order valence-corrected chi connectivity index (χ4v) is 2.93. The van der Waals surface area contributed by atoms with Crippen LogP contribution in [0, 0.1) is 11.8 Å². The van der Waals surface area contributed by atoms with Gasteiger partial charge in [0, 0.05) is 18.8 Å². The molecule has 0 bridgehead atoms. The first kappa shape index (κ1) is 23.7. The van der Waals surface area contributed by atoms with E-state index in [2.05, 4.69) is 24.5 Å². The Labute approximate surface area is 178 Å². The standard InChI is InChI=1S/C22H33N3O5/c1-15(2)13-29-18-7-5-17(6-8-18)24-20(26)12-25-10-9-23-22(28)19(25)11-21(27)30-14-16(3)4/h5-8,15-16,19H,9-14H2,1-4H3,(H,23,28)(H,24,26). The fraction of sp³-hybridized carbons (Fsp3) is 0.591. The third-order valence-electron chi connectivity index (χ3n) is 4.45. The lowest BCUT2D eigenvalue weighted by molar-refractivity contribution is -0.149. The number of carbonyl (C=O) groups excluding carboxylic acids is 3. The van der Waals surface area contributed by atoms with Crippen molar-refractivity contribution in [2.24, 2.45) is 11.8 Å². The predicted octanol–water partition coefficient (Wildman–Crippen LogP) is 2.05. The molecule has 1 aliphatic rings. The molecule has 1 atom stereocenters. The van der Waals surface area contributed by atoms with Crippen molar-refractivity contribution in [3.63, 3.8) is 0 Å². The Kier molecular flexibility index (Phi) is 9.11. The van der Waals surface area contributed by atoms with Gasteiger partial charge in [0.25, 0.3) is 0 Å². The van der Waals surface area contributed by atoms with Crippen LogP contribution in [0.15, 0.2) is 24.3 Å². The van der Waals surface area contributed by atoms with E-state index in [0.717, 1.165) is 5.75 Å². The van der Waals surface area contributed by atoms with Crippen molar-refractivity contribution in [3.8, 4) is 5.75 Å². The average molecular weight is 420 g/mol. The molecule has 0 spiro atoms. The van der Waals surface area contributed by atoms with Crippen LogP contribution in [0.5, 0.6) is 5.75 Å². The second-order valence-electron chi connectivity index (χ2n) is 8.34. The molecule has 0 saturated carbocycles. The first-order valence-electron chi connectivity index (χ1n) is 10.4. The van der Waals surface area contributed by atoms with Gasteiger partial charge < -0.3 is 20.1 Å². The van der Waals surface area contributed by atoms with Gasteiger partial charge in [-0.25, -0.2) is 0 Å². The molecule has 30 heavy (non-hydrogen) atoms. The highest BCUT2D eigenvalue weighted by atomic mass is 16.5. The molecule has 2 amide bonds. The van der Waals surface area contributed by atoms with Gasteiger partial charge in [-0.1, -0.05) is 27.7 Å². The number of carbonyl (C=O) groups is 3. The van der Waals surface area contributed by atoms with Gasteiger partial charge in [-0.3, -0.25) is 19.3 Å². The van der Waals surface area contributed by atoms with Crippen molar-refractivity contribution in [3.05, 3.63) is 24.3 Å². The Morgan fingerprint density at radius 1 is 1.13 bits per heavy atom. The lowest BCUT2D eigenvalue weighted by atomic mass is 10.1. The number of hydrogen-bond acceptors (Lipinski definition) is 6. The van der Waals surface area contributed by atoms with Crippen molar-refractivity contribution in [1.82, 2.24) is 10.2 Å². The maximum Gasteiger partial charge on any atom is 0.307 e. The van der Waals surface area contributed by atoms with E-state index in [1.165, 1.54) is 0 Å². The summed E-state index contributed by atoms with van der Waals surface area (Å²) >= 11 is 0. The predicted molar refractivity (Wildman–Crippen MR) is 114 cm³/mol. The summed E-state index contributed by atoms with van der Waals surface area (Å²) in [5, 5.41) is 5.57. The molecule has 8 nitrogen and oxygen atoms in total. The summed E-state index contributed by atoms with van der Waals surface area (Å²) in [5.41, 5.74) is 0.645. The summed E-state index contributed by atoms with van der Waals surface area (Å²) in [6, 6.07) is 6.45. The topological polar surface area (TPSA) is 97.0 Å². The Bertz CT molecular complexity index is 718. The van der Waals surface area contributed by atoms with Crippen LogP contribution in [0.4, 0.5) is 5.69 Å². The fourth-order valence-electron chi connectivity index (χ4n) is 2.93. The maximum absolute atomic E-state index is 12.5. The van der Waals surface area contributed by atoms with Crippen molar-refractivity contribution >= 4 is 23.5 Å². The first-order chi connectivity index (χ1) is 14.2. The third-order valence-corrected chi connectivity index (χ3v) is 4.45. The summed E-state index contributed by atoms with van der Waals surface area (Å²) in [7, 11) is 0. The molecule has 1 fully saturated rings. The second-order valence-corrected chi connectivity index (χ2v) is 8.34. The lowest BCUT2D eigenvalue weighted by Gasteiger charge is -2.33. The average Bonchev–Trinajstić information content (AvgIpc) is 2.68. The van der Waals surface area contributed by atoms with Crippen LogP contribution in [-0.4, -0.2) is 61.6 Å². The molecule has 166 valence electrons. The Morgan fingerprint density at radius 3 is 2.43 bits per heavy atom. The minimum absolute atomic E-state index is 0.0150. The zero-order valence-corrected chi connectivity index (χ0v) is 18.3. The molecule has 1 aromatic rings. The number of nitrogens with zero attached hydrogens (tertiary/aromatic N) is 1. The molecule has 8 heteroatoms. The molecule has 0 aromatic heterocycles. The molecular formula is C22H33N3O5. The molecule has 1 saturated heterocycles. The van der Waals surface area contributed by atoms with Crippen LogP contribution >= 0.6 is 0 Å². The van der Waals surface area contributed by atoms with Crippen LogP contribution in [0.1, 0.15) is 34.1 Å². The summed E-state index contributed by atoms with van der Waals surface area (Å²) in [5.74, 6) is 0.450. The molecule has 0 aliphatic carbocycles. The molecular weight excluding hydrogens is 386 g/mol. The number of amides is 2. The van der Waals surface area contributed by atoms with Gasteiger partial charge in [-0.05, 0) is 36.1 Å². The minimum atomic E-state index is -0.712. The molecule has 2 N–H and O–H groups in total. The molecule has 2 rings (SSSR count). The largest absolute Gasteiger partial charge is 0.493 e. The van der Waals surface area contributed by atoms with Gasteiger partial charge in [0.1, 0.15) is 11.8 Å². The number of nitrogens with one attached hydrogen (secondary N) is 2. The third kappa shape index (κ3) is 8.02. The van der Waals surface area contributed by atoms with E-state index in [1.54, 1.807) is 29.2 Å². The minimum Gasteiger partial charge on any atom is -0.493 e. The van der Waals surface area contributed by atoms with E-state index in [-0.39, 0.29) is 30.7 Å². The molecule has 1 heterocycles. The highest BCUT2D eigenvalue weighted by Gasteiger charge is 2.33. The number of rotatable bonds is 10. The molecule has 0 radical (unpaired) electrons. The molecule has 1 unspecified atom stereocenters. The van der Waals surface area contributed by atoms with E-state index in [4.69, 9.17) is 9.47 Å². The Morgan fingerprint density at radius 2 is 1.80 bits per heavy atom. The van der Waals surface area contributed by atoms with Gasteiger partial charge in [0.15, 0.2) is 0 Å². The van der Waals surface area contributed by atoms with E-state index in [0.29, 0.717) is 37.9 Å². The van der Waals surface area contributed by atoms with Gasteiger partial charge in [-0.2, -0.15) is 0 Å². The van der Waals surface area contributed by atoms with Crippen LogP contribution in [0.25, 0.3) is 0 Å². The smallest absolute Gasteiger partial charge is 0.307 e. The normalized spacial score (nSPS) is 17.0. The van der Waals surface area contributed by atoms with Crippen molar-refractivity contribution in [2.45, 2.75) is 40.2 Å². The number of esters is 1. The number of hydrogen-bond donors (Lipinski definition) is 2. The molecule has 1 aliphatic heterocycles. The van der Waals surface area contributed by atoms with Crippen molar-refractivity contribution in [2.75, 3.05) is 38.2 Å². The highest BCUT2D eigenvalue weighted by molar-refractivity contribution is 5.93. The molecule has 1 aromatic carbocycles. The van der Waals surface area contributed by atoms with E-state index >= 15 is 0 Å². The van der Waals surface area contributed by atoms with E-state index in [1.807, 2.05) is 13.8 Å². The van der Waals surface area contributed by atoms with Crippen LogP contribution in [-0.2, 0) is 19.1 Å². The van der Waals surface area contributed by atoms with Crippen LogP contribution in [0.3, 0.4) is 0 Å². The SMILES string of the molecule is CC(C)COC(=O)CC1C(=O)NCCN1CC(=O)Nc1ccc(OCC(C)C)cc1. The number of anilines is 1. The van der Waals surface area contributed by atoms with Crippen molar-refractivity contribution in [1.29, 1.82) is 0 Å². The lowest BCUT2D eigenvalue weighted by Crippen LogP contribution is -2.57. The van der Waals surface area contributed by atoms with E-state index < -0.39 is 12.0 Å². The number of ether oxygens (including phenoxy) is 2. The van der Waals surface area contributed by atoms with Gasteiger partial charge in [0.2, 0.25) is 11.8 Å². The Hall–Kier alpha value is -2.61. The summed E-state index contributed by atoms with van der Waals surface area (Å²) < 4.78 is 10.8. The zero-order valence-electron chi connectivity index (χ0n) is 18.3. The summed E-state index contributed by atoms with van der Waals surface area (Å²) in [6.07, 6.45) is -0.0757. The monoisotopic (exact) mass is 419 g/mol.